The van der Waals surface area contributed by atoms with Crippen molar-refractivity contribution in [3.8, 4) is 11.5 Å². The standard InChI is InChI=1S/C23H34F2N2O4/c1-23(24,25)10-4-2-3-7-21(28)26-18(16-27-11-5-6-12-27)22(29)17-8-9-19-20(15-17)31-14-13-30-19/h8-9,15,18,22,29H,2-7,10-14,16H2,1H3,(H,26,28)/t18-,22-/m1/s1. The number of aliphatic hydroxyl groups is 1. The van der Waals surface area contributed by atoms with E-state index in [1.807, 2.05) is 0 Å². The number of hydrogen-bond donors (Lipinski definition) is 2. The fourth-order valence-corrected chi connectivity index (χ4v) is 4.12. The molecule has 1 fully saturated rings. The Balaban J connectivity index is 1.57. The molecule has 0 aliphatic carbocycles. The Morgan fingerprint density at radius 3 is 2.58 bits per heavy atom. The predicted molar refractivity (Wildman–Crippen MR) is 114 cm³/mol. The number of unbranched alkanes of at least 4 members (excludes halogenated alkanes) is 2. The number of halogens is 2. The number of carbonyl (C=O) groups is 1. The van der Waals surface area contributed by atoms with Crippen molar-refractivity contribution in [2.75, 3.05) is 32.8 Å². The highest BCUT2D eigenvalue weighted by molar-refractivity contribution is 5.76. The Hall–Kier alpha value is -1.93. The van der Waals surface area contributed by atoms with E-state index in [4.69, 9.17) is 9.47 Å². The van der Waals surface area contributed by atoms with Gasteiger partial charge < -0.3 is 24.8 Å². The van der Waals surface area contributed by atoms with Gasteiger partial charge in [-0.25, -0.2) is 8.78 Å². The third kappa shape index (κ3) is 7.61. The lowest BCUT2D eigenvalue weighted by Crippen LogP contribution is -2.46. The predicted octanol–water partition coefficient (Wildman–Crippen LogP) is 3.68. The molecule has 1 saturated heterocycles. The summed E-state index contributed by atoms with van der Waals surface area (Å²) < 4.78 is 37.0. The highest BCUT2D eigenvalue weighted by Crippen LogP contribution is 2.33. The highest BCUT2D eigenvalue weighted by atomic mass is 19.3. The summed E-state index contributed by atoms with van der Waals surface area (Å²) in [5.74, 6) is -1.57. The van der Waals surface area contributed by atoms with E-state index < -0.39 is 18.1 Å². The van der Waals surface area contributed by atoms with Crippen molar-refractivity contribution in [1.29, 1.82) is 0 Å². The number of likely N-dealkylation sites (tertiary alicyclic amines) is 1. The second-order valence-electron chi connectivity index (χ2n) is 8.66. The van der Waals surface area contributed by atoms with Gasteiger partial charge in [0, 0.05) is 19.4 Å². The molecule has 6 nitrogen and oxygen atoms in total. The van der Waals surface area contributed by atoms with Gasteiger partial charge in [0.05, 0.1) is 6.04 Å². The first-order valence-electron chi connectivity index (χ1n) is 11.3. The van der Waals surface area contributed by atoms with Crippen LogP contribution in [0.2, 0.25) is 0 Å². The lowest BCUT2D eigenvalue weighted by Gasteiger charge is -2.29. The number of fused-ring (bicyclic) bond motifs is 1. The quantitative estimate of drug-likeness (QED) is 0.514. The number of alkyl halides is 2. The maximum absolute atomic E-state index is 12.9. The molecule has 2 aliphatic heterocycles. The van der Waals surface area contributed by atoms with Crippen LogP contribution in [-0.4, -0.2) is 60.7 Å². The first kappa shape index (κ1) is 23.7. The van der Waals surface area contributed by atoms with Crippen LogP contribution in [0.1, 0.15) is 63.5 Å². The van der Waals surface area contributed by atoms with Gasteiger partial charge in [-0.15, -0.1) is 0 Å². The van der Waals surface area contributed by atoms with Crippen molar-refractivity contribution in [2.24, 2.45) is 0 Å². The SMILES string of the molecule is CC(F)(F)CCCCCC(=O)N[C@H](CN1CCCC1)[C@H](O)c1ccc2c(c1)OCCO2. The molecule has 3 rings (SSSR count). The second-order valence-corrected chi connectivity index (χ2v) is 8.66. The van der Waals surface area contributed by atoms with Crippen LogP contribution in [0.3, 0.4) is 0 Å². The van der Waals surface area contributed by atoms with Gasteiger partial charge in [-0.3, -0.25) is 4.79 Å². The number of aliphatic hydroxyl groups excluding tert-OH is 1. The van der Waals surface area contributed by atoms with Crippen LogP contribution >= 0.6 is 0 Å². The molecule has 1 aromatic rings. The normalized spacial score (nSPS) is 18.6. The summed E-state index contributed by atoms with van der Waals surface area (Å²) >= 11 is 0. The lowest BCUT2D eigenvalue weighted by molar-refractivity contribution is -0.123. The number of carbonyl (C=O) groups excluding carboxylic acids is 1. The molecule has 0 saturated carbocycles. The summed E-state index contributed by atoms with van der Waals surface area (Å²) in [4.78, 5) is 14.8. The Kier molecular flexibility index (Phi) is 8.49. The Labute approximate surface area is 182 Å². The number of benzene rings is 1. The Bertz CT molecular complexity index is 720. The van der Waals surface area contributed by atoms with Gasteiger partial charge in [-0.05, 0) is 63.4 Å². The zero-order valence-corrected chi connectivity index (χ0v) is 18.2. The lowest BCUT2D eigenvalue weighted by atomic mass is 10.0. The van der Waals surface area contributed by atoms with E-state index in [-0.39, 0.29) is 18.7 Å². The summed E-state index contributed by atoms with van der Waals surface area (Å²) in [6.07, 6.45) is 2.98. The molecule has 0 aromatic heterocycles. The van der Waals surface area contributed by atoms with Crippen molar-refractivity contribution in [1.82, 2.24) is 10.2 Å². The summed E-state index contributed by atoms with van der Waals surface area (Å²) in [7, 11) is 0. The topological polar surface area (TPSA) is 71.0 Å². The van der Waals surface area contributed by atoms with Gasteiger partial charge >= 0.3 is 0 Å². The number of ether oxygens (including phenoxy) is 2. The van der Waals surface area contributed by atoms with Crippen LogP contribution in [-0.2, 0) is 4.79 Å². The molecule has 8 heteroatoms. The van der Waals surface area contributed by atoms with E-state index in [0.29, 0.717) is 56.1 Å². The minimum Gasteiger partial charge on any atom is -0.486 e. The van der Waals surface area contributed by atoms with Gasteiger partial charge in [0.25, 0.3) is 0 Å². The molecule has 174 valence electrons. The van der Waals surface area contributed by atoms with E-state index in [1.165, 1.54) is 0 Å². The number of nitrogens with zero attached hydrogens (tertiary/aromatic N) is 1. The second kappa shape index (κ2) is 11.1. The van der Waals surface area contributed by atoms with Crippen LogP contribution in [0.4, 0.5) is 8.78 Å². The monoisotopic (exact) mass is 440 g/mol. The van der Waals surface area contributed by atoms with E-state index >= 15 is 0 Å². The molecule has 2 aliphatic rings. The molecule has 0 bridgehead atoms. The van der Waals surface area contributed by atoms with Crippen molar-refractivity contribution >= 4 is 5.91 Å². The number of rotatable bonds is 11. The molecule has 2 atom stereocenters. The molecular formula is C23H34F2N2O4. The minimum absolute atomic E-state index is 0.158. The van der Waals surface area contributed by atoms with Crippen molar-refractivity contribution in [2.45, 2.75) is 69.9 Å². The molecule has 0 radical (unpaired) electrons. The first-order chi connectivity index (χ1) is 14.8. The molecular weight excluding hydrogens is 406 g/mol. The maximum Gasteiger partial charge on any atom is 0.245 e. The smallest absolute Gasteiger partial charge is 0.245 e. The molecule has 0 spiro atoms. The van der Waals surface area contributed by atoms with Crippen LogP contribution < -0.4 is 14.8 Å². The van der Waals surface area contributed by atoms with Crippen molar-refractivity contribution in [3.05, 3.63) is 23.8 Å². The Morgan fingerprint density at radius 2 is 1.87 bits per heavy atom. The summed E-state index contributed by atoms with van der Waals surface area (Å²) in [6.45, 7) is 4.34. The van der Waals surface area contributed by atoms with Gasteiger partial charge in [0.1, 0.15) is 19.3 Å². The summed E-state index contributed by atoms with van der Waals surface area (Å²) in [5.41, 5.74) is 0.666. The highest BCUT2D eigenvalue weighted by Gasteiger charge is 2.28. The first-order valence-corrected chi connectivity index (χ1v) is 11.3. The van der Waals surface area contributed by atoms with Gasteiger partial charge in [0.2, 0.25) is 11.8 Å². The fraction of sp³-hybridized carbons (Fsp3) is 0.696. The molecule has 1 aromatic carbocycles. The van der Waals surface area contributed by atoms with E-state index in [2.05, 4.69) is 10.2 Å². The van der Waals surface area contributed by atoms with Crippen LogP contribution in [0.15, 0.2) is 18.2 Å². The van der Waals surface area contributed by atoms with Gasteiger partial charge in [-0.2, -0.15) is 0 Å². The average Bonchev–Trinajstić information content (AvgIpc) is 3.24. The average molecular weight is 441 g/mol. The molecule has 0 unspecified atom stereocenters. The Morgan fingerprint density at radius 1 is 1.16 bits per heavy atom. The molecule has 2 heterocycles. The zero-order chi connectivity index (χ0) is 22.3. The maximum atomic E-state index is 12.9. The number of amides is 1. The molecule has 2 N–H and O–H groups in total. The van der Waals surface area contributed by atoms with E-state index in [0.717, 1.165) is 32.9 Å². The number of hydrogen-bond acceptors (Lipinski definition) is 5. The van der Waals surface area contributed by atoms with Gasteiger partial charge in [-0.1, -0.05) is 12.5 Å². The van der Waals surface area contributed by atoms with Crippen molar-refractivity contribution in [3.63, 3.8) is 0 Å². The third-order valence-corrected chi connectivity index (χ3v) is 5.81. The van der Waals surface area contributed by atoms with Crippen LogP contribution in [0, 0.1) is 0 Å². The number of nitrogens with one attached hydrogen (secondary N) is 1. The summed E-state index contributed by atoms with van der Waals surface area (Å²) in [5, 5.41) is 14.0. The fourth-order valence-electron chi connectivity index (χ4n) is 4.12. The van der Waals surface area contributed by atoms with E-state index in [1.54, 1.807) is 18.2 Å². The third-order valence-electron chi connectivity index (χ3n) is 5.81. The van der Waals surface area contributed by atoms with Crippen LogP contribution in [0.5, 0.6) is 11.5 Å². The summed E-state index contributed by atoms with van der Waals surface area (Å²) in [6, 6.07) is 4.89. The largest absolute Gasteiger partial charge is 0.486 e. The molecule has 1 amide bonds. The molecule has 31 heavy (non-hydrogen) atoms. The van der Waals surface area contributed by atoms with Crippen LogP contribution in [0.25, 0.3) is 0 Å². The van der Waals surface area contributed by atoms with Gasteiger partial charge in [0.15, 0.2) is 11.5 Å². The minimum atomic E-state index is -2.66. The van der Waals surface area contributed by atoms with Crippen molar-refractivity contribution < 1.29 is 28.2 Å². The zero-order valence-electron chi connectivity index (χ0n) is 18.2. The van der Waals surface area contributed by atoms with E-state index in [9.17, 15) is 18.7 Å².